The van der Waals surface area contributed by atoms with Crippen molar-refractivity contribution < 1.29 is 23.5 Å². The Morgan fingerprint density at radius 2 is 2.16 bits per heavy atom. The van der Waals surface area contributed by atoms with Crippen LogP contribution < -0.4 is 4.90 Å². The molecular weight excluding hydrogens is 324 g/mol. The van der Waals surface area contributed by atoms with Gasteiger partial charge in [-0.15, -0.1) is 0 Å². The summed E-state index contributed by atoms with van der Waals surface area (Å²) in [6.07, 6.45) is 0.225. The van der Waals surface area contributed by atoms with E-state index in [2.05, 4.69) is 15.9 Å². The van der Waals surface area contributed by atoms with Crippen molar-refractivity contribution >= 4 is 33.5 Å². The second-order valence-electron chi connectivity index (χ2n) is 4.32. The summed E-state index contributed by atoms with van der Waals surface area (Å²) in [5.74, 6) is -3.95. The number of carbonyl (C=O) groups is 2. The average Bonchev–Trinajstić information content (AvgIpc) is 2.68. The van der Waals surface area contributed by atoms with Gasteiger partial charge in [0.2, 0.25) is 5.91 Å². The highest BCUT2D eigenvalue weighted by Crippen LogP contribution is 2.31. The third kappa shape index (κ3) is 2.60. The lowest BCUT2D eigenvalue weighted by Crippen LogP contribution is -2.27. The molecule has 102 valence electrons. The molecule has 0 aromatic heterocycles. The lowest BCUT2D eigenvalue weighted by Gasteiger charge is -2.19. The van der Waals surface area contributed by atoms with Gasteiger partial charge in [0.15, 0.2) is 0 Å². The van der Waals surface area contributed by atoms with Gasteiger partial charge in [-0.1, -0.05) is 15.9 Å². The van der Waals surface area contributed by atoms with Crippen LogP contribution in [0.4, 0.5) is 14.5 Å². The monoisotopic (exact) mass is 333 g/mol. The quantitative estimate of drug-likeness (QED) is 0.864. The summed E-state index contributed by atoms with van der Waals surface area (Å²) in [6, 6.07) is 1.37. The van der Waals surface area contributed by atoms with Crippen LogP contribution in [-0.4, -0.2) is 28.9 Å². The van der Waals surface area contributed by atoms with Crippen LogP contribution in [0.5, 0.6) is 0 Å². The van der Waals surface area contributed by atoms with Crippen molar-refractivity contribution in [3.63, 3.8) is 0 Å². The number of amides is 1. The number of hydrogen-bond donors (Lipinski definition) is 1. The highest BCUT2D eigenvalue weighted by molar-refractivity contribution is 9.09. The van der Waals surface area contributed by atoms with E-state index in [0.717, 1.165) is 11.0 Å². The molecule has 1 fully saturated rings. The first kappa shape index (κ1) is 13.9. The molecule has 1 saturated heterocycles. The zero-order valence-corrected chi connectivity index (χ0v) is 11.3. The van der Waals surface area contributed by atoms with Gasteiger partial charge in [-0.05, 0) is 12.0 Å². The number of carboxylic acids is 1. The number of aromatic carboxylic acids is 1. The standard InChI is InChI=1S/C12H10BrF2NO3/c13-4-6-1-10(17)16(5-6)9-3-7(14)2-8(15)11(9)12(18)19/h2-3,6H,1,4-5H2,(H,18,19). The number of benzene rings is 1. The molecular formula is C12H10BrF2NO3. The van der Waals surface area contributed by atoms with Gasteiger partial charge in [-0.2, -0.15) is 0 Å². The van der Waals surface area contributed by atoms with Crippen LogP contribution in [0.2, 0.25) is 0 Å². The first-order valence-corrected chi connectivity index (χ1v) is 6.64. The molecule has 0 aliphatic carbocycles. The molecule has 1 unspecified atom stereocenters. The number of alkyl halides is 1. The fourth-order valence-corrected chi connectivity index (χ4v) is 2.54. The van der Waals surface area contributed by atoms with Gasteiger partial charge < -0.3 is 10.0 Å². The van der Waals surface area contributed by atoms with Gasteiger partial charge in [0.05, 0.1) is 5.69 Å². The molecule has 2 rings (SSSR count). The normalized spacial score (nSPS) is 19.0. The number of nitrogens with zero attached hydrogens (tertiary/aromatic N) is 1. The number of anilines is 1. The third-order valence-corrected chi connectivity index (χ3v) is 3.88. The summed E-state index contributed by atoms with van der Waals surface area (Å²) in [6.45, 7) is 0.243. The van der Waals surface area contributed by atoms with E-state index in [4.69, 9.17) is 5.11 Å². The Morgan fingerprint density at radius 3 is 2.68 bits per heavy atom. The lowest BCUT2D eigenvalue weighted by atomic mass is 10.1. The van der Waals surface area contributed by atoms with Gasteiger partial charge >= 0.3 is 5.97 Å². The molecule has 0 saturated carbocycles. The minimum Gasteiger partial charge on any atom is -0.478 e. The molecule has 1 aliphatic heterocycles. The Bertz CT molecular complexity index is 550. The second kappa shape index (κ2) is 5.24. The topological polar surface area (TPSA) is 57.6 Å². The minimum atomic E-state index is -1.53. The van der Waals surface area contributed by atoms with Gasteiger partial charge in [0.1, 0.15) is 17.2 Å². The maximum Gasteiger partial charge on any atom is 0.340 e. The number of carbonyl (C=O) groups excluding carboxylic acids is 1. The highest BCUT2D eigenvalue weighted by atomic mass is 79.9. The Hall–Kier alpha value is -1.50. The molecule has 7 heteroatoms. The summed E-state index contributed by atoms with van der Waals surface area (Å²) in [5.41, 5.74) is -0.900. The van der Waals surface area contributed by atoms with E-state index in [9.17, 15) is 18.4 Å². The zero-order chi connectivity index (χ0) is 14.2. The molecule has 1 amide bonds. The minimum absolute atomic E-state index is 0.000438. The van der Waals surface area contributed by atoms with Crippen molar-refractivity contribution in [2.24, 2.45) is 5.92 Å². The summed E-state index contributed by atoms with van der Waals surface area (Å²) in [4.78, 5) is 24.0. The van der Waals surface area contributed by atoms with Crippen molar-refractivity contribution in [3.8, 4) is 0 Å². The van der Waals surface area contributed by atoms with E-state index in [1.54, 1.807) is 0 Å². The smallest absolute Gasteiger partial charge is 0.340 e. The lowest BCUT2D eigenvalue weighted by molar-refractivity contribution is -0.117. The van der Waals surface area contributed by atoms with Crippen molar-refractivity contribution in [2.75, 3.05) is 16.8 Å². The van der Waals surface area contributed by atoms with Gasteiger partial charge in [0, 0.05) is 24.4 Å². The Kier molecular flexibility index (Phi) is 3.84. The second-order valence-corrected chi connectivity index (χ2v) is 4.96. The summed E-state index contributed by atoms with van der Waals surface area (Å²) >= 11 is 3.24. The van der Waals surface area contributed by atoms with Crippen molar-refractivity contribution in [2.45, 2.75) is 6.42 Å². The Labute approximate surface area is 116 Å². The number of carboxylic acid groups (broad SMARTS) is 1. The predicted octanol–water partition coefficient (Wildman–Crippen LogP) is 2.41. The molecule has 1 heterocycles. The van der Waals surface area contributed by atoms with Crippen molar-refractivity contribution in [3.05, 3.63) is 29.3 Å². The van der Waals surface area contributed by atoms with Crippen LogP contribution in [0.3, 0.4) is 0 Å². The fraction of sp³-hybridized carbons (Fsp3) is 0.333. The average molecular weight is 334 g/mol. The van der Waals surface area contributed by atoms with E-state index in [-0.39, 0.29) is 30.5 Å². The zero-order valence-electron chi connectivity index (χ0n) is 9.70. The van der Waals surface area contributed by atoms with Crippen LogP contribution in [0.1, 0.15) is 16.8 Å². The maximum atomic E-state index is 13.6. The van der Waals surface area contributed by atoms with E-state index < -0.39 is 23.2 Å². The summed E-state index contributed by atoms with van der Waals surface area (Å²) in [7, 11) is 0. The SMILES string of the molecule is O=C(O)c1c(F)cc(F)cc1N1CC(CBr)CC1=O. The summed E-state index contributed by atoms with van der Waals surface area (Å²) < 4.78 is 26.8. The molecule has 19 heavy (non-hydrogen) atoms. The molecule has 0 bridgehead atoms. The van der Waals surface area contributed by atoms with Gasteiger partial charge in [-0.3, -0.25) is 4.79 Å². The number of halogens is 3. The molecule has 1 aromatic carbocycles. The third-order valence-electron chi connectivity index (χ3n) is 2.96. The number of rotatable bonds is 3. The highest BCUT2D eigenvalue weighted by Gasteiger charge is 2.33. The molecule has 1 N–H and O–H groups in total. The molecule has 1 atom stereocenters. The predicted molar refractivity (Wildman–Crippen MR) is 67.6 cm³/mol. The molecule has 0 spiro atoms. The fourth-order valence-electron chi connectivity index (χ4n) is 2.10. The summed E-state index contributed by atoms with van der Waals surface area (Å²) in [5, 5.41) is 9.56. The van der Waals surface area contributed by atoms with Crippen LogP contribution >= 0.6 is 15.9 Å². The molecule has 0 radical (unpaired) electrons. The van der Waals surface area contributed by atoms with Crippen molar-refractivity contribution in [1.29, 1.82) is 0 Å². The van der Waals surface area contributed by atoms with E-state index in [0.29, 0.717) is 11.4 Å². The van der Waals surface area contributed by atoms with Crippen LogP contribution in [-0.2, 0) is 4.79 Å². The van der Waals surface area contributed by atoms with Crippen LogP contribution in [0, 0.1) is 17.6 Å². The first-order valence-electron chi connectivity index (χ1n) is 5.52. The molecule has 1 aliphatic rings. The molecule has 4 nitrogen and oxygen atoms in total. The largest absolute Gasteiger partial charge is 0.478 e. The van der Waals surface area contributed by atoms with E-state index >= 15 is 0 Å². The van der Waals surface area contributed by atoms with Gasteiger partial charge in [-0.25, -0.2) is 13.6 Å². The molecule has 1 aromatic rings. The first-order chi connectivity index (χ1) is 8.93. The number of hydrogen-bond acceptors (Lipinski definition) is 2. The maximum absolute atomic E-state index is 13.6. The van der Waals surface area contributed by atoms with E-state index in [1.807, 2.05) is 0 Å². The Balaban J connectivity index is 2.50. The van der Waals surface area contributed by atoms with Crippen molar-refractivity contribution in [1.82, 2.24) is 0 Å². The van der Waals surface area contributed by atoms with E-state index in [1.165, 1.54) is 0 Å². The van der Waals surface area contributed by atoms with Crippen LogP contribution in [0.25, 0.3) is 0 Å². The Morgan fingerprint density at radius 1 is 1.47 bits per heavy atom. The van der Waals surface area contributed by atoms with Crippen LogP contribution in [0.15, 0.2) is 12.1 Å². The van der Waals surface area contributed by atoms with Gasteiger partial charge in [0.25, 0.3) is 0 Å².